The molecule has 0 radical (unpaired) electrons. The van der Waals surface area contributed by atoms with Gasteiger partial charge in [0, 0.05) is 26.0 Å². The molecule has 0 aliphatic rings. The summed E-state index contributed by atoms with van der Waals surface area (Å²) in [5.41, 5.74) is 1.15. The quantitative estimate of drug-likeness (QED) is 0.724. The minimum Gasteiger partial charge on any atom is -0.339 e. The first-order valence-electron chi connectivity index (χ1n) is 6.48. The molecule has 3 heterocycles. The number of rotatable bonds is 4. The van der Waals surface area contributed by atoms with Crippen LogP contribution in [0.25, 0.3) is 4.96 Å². The molecule has 0 bridgehead atoms. The van der Waals surface area contributed by atoms with Crippen molar-refractivity contribution in [2.24, 2.45) is 0 Å². The van der Waals surface area contributed by atoms with Gasteiger partial charge in [-0.05, 0) is 31.0 Å². The van der Waals surface area contributed by atoms with Gasteiger partial charge in [-0.1, -0.05) is 11.3 Å². The summed E-state index contributed by atoms with van der Waals surface area (Å²) in [6, 6.07) is 3.90. The summed E-state index contributed by atoms with van der Waals surface area (Å²) < 4.78 is 1.59. The van der Waals surface area contributed by atoms with Gasteiger partial charge in [0.1, 0.15) is 0 Å². The van der Waals surface area contributed by atoms with E-state index in [1.54, 1.807) is 35.8 Å². The van der Waals surface area contributed by atoms with Crippen molar-refractivity contribution in [3.05, 3.63) is 40.9 Å². The molecular formula is C13H14N6OS. The molecule has 0 saturated heterocycles. The first kappa shape index (κ1) is 13.6. The number of aryl methyl sites for hydroxylation is 1. The molecule has 0 aliphatic carbocycles. The SMILES string of the molecule is Cc1nnc2sc(C(=O)N(C)CCc3ccncc3)nn12. The van der Waals surface area contributed by atoms with Gasteiger partial charge >= 0.3 is 0 Å². The lowest BCUT2D eigenvalue weighted by molar-refractivity contribution is 0.0795. The molecule has 3 aromatic heterocycles. The number of carbonyl (C=O) groups is 1. The van der Waals surface area contributed by atoms with Gasteiger partial charge in [0.05, 0.1) is 0 Å². The number of hydrogen-bond donors (Lipinski definition) is 0. The van der Waals surface area contributed by atoms with Gasteiger partial charge in [0.2, 0.25) is 9.97 Å². The van der Waals surface area contributed by atoms with E-state index >= 15 is 0 Å². The van der Waals surface area contributed by atoms with Crippen molar-refractivity contribution in [2.45, 2.75) is 13.3 Å². The van der Waals surface area contributed by atoms with Gasteiger partial charge in [0.15, 0.2) is 5.82 Å². The second kappa shape index (κ2) is 5.57. The highest BCUT2D eigenvalue weighted by Crippen LogP contribution is 2.15. The summed E-state index contributed by atoms with van der Waals surface area (Å²) in [5, 5.41) is 12.6. The van der Waals surface area contributed by atoms with Crippen LogP contribution in [0.1, 0.15) is 21.2 Å². The van der Waals surface area contributed by atoms with Crippen molar-refractivity contribution < 1.29 is 4.79 Å². The molecule has 0 spiro atoms. The molecule has 0 unspecified atom stereocenters. The van der Waals surface area contributed by atoms with E-state index in [9.17, 15) is 4.79 Å². The molecule has 108 valence electrons. The van der Waals surface area contributed by atoms with Gasteiger partial charge < -0.3 is 4.90 Å². The maximum Gasteiger partial charge on any atom is 0.284 e. The number of amides is 1. The Hall–Kier alpha value is -2.35. The zero-order chi connectivity index (χ0) is 14.8. The number of pyridine rings is 1. The smallest absolute Gasteiger partial charge is 0.284 e. The number of fused-ring (bicyclic) bond motifs is 1. The van der Waals surface area contributed by atoms with E-state index in [1.807, 2.05) is 12.1 Å². The highest BCUT2D eigenvalue weighted by molar-refractivity contribution is 7.18. The predicted octanol–water partition coefficient (Wildman–Crippen LogP) is 1.20. The van der Waals surface area contributed by atoms with Crippen molar-refractivity contribution in [1.29, 1.82) is 0 Å². The standard InChI is InChI=1S/C13H14N6OS/c1-9-15-16-13-19(9)17-11(21-13)12(20)18(2)8-5-10-3-6-14-7-4-10/h3-4,6-7H,5,8H2,1-2H3. The predicted molar refractivity (Wildman–Crippen MR) is 78.3 cm³/mol. The summed E-state index contributed by atoms with van der Waals surface area (Å²) >= 11 is 1.25. The number of nitrogens with zero attached hydrogens (tertiary/aromatic N) is 6. The normalized spacial score (nSPS) is 11.0. The fraction of sp³-hybridized carbons (Fsp3) is 0.308. The van der Waals surface area contributed by atoms with Crippen LogP contribution in [-0.4, -0.2) is 49.2 Å². The topological polar surface area (TPSA) is 76.3 Å². The number of likely N-dealkylation sites (N-methyl/N-ethyl adjacent to an activating group) is 1. The van der Waals surface area contributed by atoms with Crippen LogP contribution >= 0.6 is 11.3 Å². The lowest BCUT2D eigenvalue weighted by atomic mass is 10.2. The molecule has 8 heteroatoms. The van der Waals surface area contributed by atoms with Crippen LogP contribution in [0.5, 0.6) is 0 Å². The van der Waals surface area contributed by atoms with Crippen molar-refractivity contribution >= 4 is 22.2 Å². The molecule has 21 heavy (non-hydrogen) atoms. The Morgan fingerprint density at radius 2 is 2.10 bits per heavy atom. The molecule has 0 saturated carbocycles. The second-order valence-electron chi connectivity index (χ2n) is 4.68. The Bertz CT molecular complexity index is 765. The molecule has 3 rings (SSSR count). The van der Waals surface area contributed by atoms with E-state index in [4.69, 9.17) is 0 Å². The number of hydrogen-bond acceptors (Lipinski definition) is 6. The Kier molecular flexibility index (Phi) is 3.61. The average Bonchev–Trinajstić information content (AvgIpc) is 3.07. The van der Waals surface area contributed by atoms with Crippen molar-refractivity contribution in [1.82, 2.24) is 29.7 Å². The molecule has 7 nitrogen and oxygen atoms in total. The van der Waals surface area contributed by atoms with Crippen LogP contribution in [0.15, 0.2) is 24.5 Å². The van der Waals surface area contributed by atoms with Gasteiger partial charge in [0.25, 0.3) is 5.91 Å². The summed E-state index contributed by atoms with van der Waals surface area (Å²) in [6.07, 6.45) is 4.29. The highest BCUT2D eigenvalue weighted by atomic mass is 32.1. The lowest BCUT2D eigenvalue weighted by Crippen LogP contribution is -2.28. The van der Waals surface area contributed by atoms with Gasteiger partial charge in [-0.25, -0.2) is 0 Å². The van der Waals surface area contributed by atoms with E-state index < -0.39 is 0 Å². The van der Waals surface area contributed by atoms with Crippen LogP contribution in [0.3, 0.4) is 0 Å². The van der Waals surface area contributed by atoms with Gasteiger partial charge in [-0.2, -0.15) is 4.52 Å². The maximum atomic E-state index is 12.3. The molecule has 0 N–H and O–H groups in total. The molecule has 0 atom stereocenters. The summed E-state index contributed by atoms with van der Waals surface area (Å²) in [4.78, 5) is 18.6. The molecule has 0 aromatic carbocycles. The summed E-state index contributed by atoms with van der Waals surface area (Å²) in [5.74, 6) is 0.582. The molecule has 1 amide bonds. The van der Waals surface area contributed by atoms with Crippen LogP contribution < -0.4 is 0 Å². The minimum atomic E-state index is -0.0982. The third-order valence-electron chi connectivity index (χ3n) is 3.16. The molecular weight excluding hydrogens is 288 g/mol. The van der Waals surface area contributed by atoms with Crippen LogP contribution in [0.2, 0.25) is 0 Å². The third-order valence-corrected chi connectivity index (χ3v) is 4.05. The monoisotopic (exact) mass is 302 g/mol. The zero-order valence-corrected chi connectivity index (χ0v) is 12.5. The number of carbonyl (C=O) groups excluding carboxylic acids is 1. The largest absolute Gasteiger partial charge is 0.339 e. The van der Waals surface area contributed by atoms with E-state index in [0.717, 1.165) is 12.0 Å². The summed E-state index contributed by atoms with van der Waals surface area (Å²) in [7, 11) is 1.78. The zero-order valence-electron chi connectivity index (χ0n) is 11.7. The van der Waals surface area contributed by atoms with Crippen LogP contribution in [0, 0.1) is 6.92 Å². The van der Waals surface area contributed by atoms with Crippen molar-refractivity contribution in [3.8, 4) is 0 Å². The lowest BCUT2D eigenvalue weighted by Gasteiger charge is -2.15. The molecule has 0 fully saturated rings. The Morgan fingerprint density at radius 1 is 1.33 bits per heavy atom. The van der Waals surface area contributed by atoms with Crippen LogP contribution in [0.4, 0.5) is 0 Å². The van der Waals surface area contributed by atoms with E-state index in [0.29, 0.717) is 22.3 Å². The van der Waals surface area contributed by atoms with Gasteiger partial charge in [-0.3, -0.25) is 9.78 Å². The fourth-order valence-electron chi connectivity index (χ4n) is 1.91. The second-order valence-corrected chi connectivity index (χ2v) is 5.64. The van der Waals surface area contributed by atoms with E-state index in [1.165, 1.54) is 11.3 Å². The Morgan fingerprint density at radius 3 is 2.81 bits per heavy atom. The van der Waals surface area contributed by atoms with Crippen molar-refractivity contribution in [3.63, 3.8) is 0 Å². The van der Waals surface area contributed by atoms with Gasteiger partial charge in [-0.15, -0.1) is 15.3 Å². The van der Waals surface area contributed by atoms with Crippen LogP contribution in [-0.2, 0) is 6.42 Å². The molecule has 3 aromatic rings. The first-order chi connectivity index (χ1) is 10.1. The first-order valence-corrected chi connectivity index (χ1v) is 7.30. The maximum absolute atomic E-state index is 12.3. The molecule has 0 aliphatic heterocycles. The fourth-order valence-corrected chi connectivity index (χ4v) is 2.79. The van der Waals surface area contributed by atoms with E-state index in [-0.39, 0.29) is 5.91 Å². The Balaban J connectivity index is 1.69. The average molecular weight is 302 g/mol. The Labute approximate surface area is 125 Å². The summed E-state index contributed by atoms with van der Waals surface area (Å²) in [6.45, 7) is 2.43. The highest BCUT2D eigenvalue weighted by Gasteiger charge is 2.18. The third kappa shape index (κ3) is 2.75. The van der Waals surface area contributed by atoms with Crippen molar-refractivity contribution in [2.75, 3.05) is 13.6 Å². The number of aromatic nitrogens is 5. The van der Waals surface area contributed by atoms with E-state index in [2.05, 4.69) is 20.3 Å². The minimum absolute atomic E-state index is 0.0982.